The van der Waals surface area contributed by atoms with Crippen molar-refractivity contribution in [1.82, 2.24) is 0 Å². The number of hydrogen-bond acceptors (Lipinski definition) is 2. The molecule has 0 heterocycles. The Hall–Kier alpha value is -0.740. The maximum absolute atomic E-state index is 13.0. The Labute approximate surface area is 87.1 Å². The molecule has 0 aliphatic rings. The first-order valence-electron chi connectivity index (χ1n) is 3.95. The summed E-state index contributed by atoms with van der Waals surface area (Å²) >= 11 is 5.52. The van der Waals surface area contributed by atoms with Gasteiger partial charge in [-0.05, 0) is 26.8 Å². The molecule has 2 nitrogen and oxygen atoms in total. The highest BCUT2D eigenvalue weighted by Gasteiger charge is 2.10. The van der Waals surface area contributed by atoms with Crippen LogP contribution in [0.5, 0.6) is 0 Å². The second kappa shape index (κ2) is 5.22. The molecule has 0 saturated carbocycles. The molecule has 2 N–H and O–H groups in total. The number of nitrogens with zero attached hydrogens (tertiary/aromatic N) is 1. The van der Waals surface area contributed by atoms with Gasteiger partial charge in [0.2, 0.25) is 5.97 Å². The summed E-state index contributed by atoms with van der Waals surface area (Å²) in [6, 6.07) is 0. The van der Waals surface area contributed by atoms with Crippen LogP contribution in [0.4, 0.5) is 8.78 Å². The minimum atomic E-state index is -0.956. The molecule has 0 unspecified atom stereocenters. The Morgan fingerprint density at radius 3 is 2.29 bits per heavy atom. The van der Waals surface area contributed by atoms with Crippen LogP contribution in [0.1, 0.15) is 20.8 Å². The molecule has 0 aromatic heterocycles. The van der Waals surface area contributed by atoms with E-state index in [0.717, 1.165) is 13.1 Å². The van der Waals surface area contributed by atoms with E-state index >= 15 is 0 Å². The number of halogens is 3. The van der Waals surface area contributed by atoms with E-state index in [2.05, 4.69) is 4.99 Å². The summed E-state index contributed by atoms with van der Waals surface area (Å²) in [5.41, 5.74) is 4.82. The SMILES string of the molecule is C\C(F)=C/N=C(F)\C(Cl)=C/C(C)(C)N. The molecule has 0 fully saturated rings. The number of nitrogens with two attached hydrogens (primary N) is 1. The van der Waals surface area contributed by atoms with Crippen LogP contribution < -0.4 is 5.73 Å². The highest BCUT2D eigenvalue weighted by Crippen LogP contribution is 2.12. The Balaban J connectivity index is 4.71. The standard InChI is InChI=1S/C9H13ClF2N2/c1-6(11)5-14-8(12)7(10)4-9(2,3)13/h4-5H,13H2,1-3H3/b6-5+,7-4+,14-8+. The molecular formula is C9H13ClF2N2. The van der Waals surface area contributed by atoms with E-state index < -0.39 is 17.3 Å². The zero-order valence-electron chi connectivity index (χ0n) is 8.31. The summed E-state index contributed by atoms with van der Waals surface area (Å²) < 4.78 is 25.1. The van der Waals surface area contributed by atoms with Crippen LogP contribution in [0, 0.1) is 0 Å². The lowest BCUT2D eigenvalue weighted by Gasteiger charge is -2.12. The monoisotopic (exact) mass is 222 g/mol. The van der Waals surface area contributed by atoms with Gasteiger partial charge in [0.25, 0.3) is 0 Å². The van der Waals surface area contributed by atoms with Gasteiger partial charge in [0.05, 0.1) is 11.2 Å². The van der Waals surface area contributed by atoms with Crippen molar-refractivity contribution in [2.75, 3.05) is 0 Å². The summed E-state index contributed by atoms with van der Waals surface area (Å²) in [4.78, 5) is 3.16. The predicted molar refractivity (Wildman–Crippen MR) is 55.6 cm³/mol. The van der Waals surface area contributed by atoms with Crippen LogP contribution in [0.2, 0.25) is 0 Å². The number of aliphatic imine (C=N–C) groups is 1. The predicted octanol–water partition coefficient (Wildman–Crippen LogP) is 3.05. The van der Waals surface area contributed by atoms with Crippen molar-refractivity contribution in [2.45, 2.75) is 26.3 Å². The molecule has 0 amide bonds. The van der Waals surface area contributed by atoms with Gasteiger partial charge in [0.1, 0.15) is 5.83 Å². The van der Waals surface area contributed by atoms with Gasteiger partial charge in [-0.25, -0.2) is 9.38 Å². The minimum absolute atomic E-state index is 0.227. The van der Waals surface area contributed by atoms with Gasteiger partial charge in [-0.2, -0.15) is 4.39 Å². The number of hydrogen-bond donors (Lipinski definition) is 1. The first kappa shape index (κ1) is 13.3. The topological polar surface area (TPSA) is 38.4 Å². The second-order valence-corrected chi connectivity index (χ2v) is 3.86. The van der Waals surface area contributed by atoms with Gasteiger partial charge >= 0.3 is 0 Å². The lowest BCUT2D eigenvalue weighted by Crippen LogP contribution is -2.29. The van der Waals surface area contributed by atoms with E-state index in [9.17, 15) is 8.78 Å². The smallest absolute Gasteiger partial charge is 0.231 e. The normalized spacial score (nSPS) is 16.1. The van der Waals surface area contributed by atoms with Crippen LogP contribution in [0.25, 0.3) is 0 Å². The summed E-state index contributed by atoms with van der Waals surface area (Å²) in [5.74, 6) is -1.56. The van der Waals surface area contributed by atoms with Gasteiger partial charge in [-0.15, -0.1) is 0 Å². The van der Waals surface area contributed by atoms with Crippen molar-refractivity contribution in [3.05, 3.63) is 23.1 Å². The maximum Gasteiger partial charge on any atom is 0.231 e. The Kier molecular flexibility index (Phi) is 4.94. The quantitative estimate of drug-likeness (QED) is 0.733. The Bertz CT molecular complexity index is 284. The van der Waals surface area contributed by atoms with E-state index in [4.69, 9.17) is 17.3 Å². The van der Waals surface area contributed by atoms with Crippen LogP contribution in [0.15, 0.2) is 28.1 Å². The van der Waals surface area contributed by atoms with E-state index in [1.54, 1.807) is 13.8 Å². The zero-order valence-corrected chi connectivity index (χ0v) is 9.07. The molecule has 5 heteroatoms. The second-order valence-electron chi connectivity index (χ2n) is 3.45. The molecule has 0 radical (unpaired) electrons. The Morgan fingerprint density at radius 1 is 1.43 bits per heavy atom. The molecule has 14 heavy (non-hydrogen) atoms. The average Bonchev–Trinajstić information content (AvgIpc) is 1.96. The summed E-state index contributed by atoms with van der Waals surface area (Å²) in [7, 11) is 0. The van der Waals surface area contributed by atoms with Crippen molar-refractivity contribution in [3.63, 3.8) is 0 Å². The van der Waals surface area contributed by atoms with E-state index in [-0.39, 0.29) is 5.03 Å². The third-order valence-corrected chi connectivity index (χ3v) is 1.32. The van der Waals surface area contributed by atoms with Crippen molar-refractivity contribution in [2.24, 2.45) is 10.7 Å². The van der Waals surface area contributed by atoms with E-state index in [1.165, 1.54) is 6.08 Å². The molecule has 0 spiro atoms. The highest BCUT2D eigenvalue weighted by atomic mass is 35.5. The molecular weight excluding hydrogens is 210 g/mol. The molecule has 0 aliphatic heterocycles. The first-order chi connectivity index (χ1) is 6.22. The fourth-order valence-electron chi connectivity index (χ4n) is 0.593. The molecule has 0 bridgehead atoms. The number of rotatable bonds is 3. The maximum atomic E-state index is 13.0. The Morgan fingerprint density at radius 2 is 1.93 bits per heavy atom. The van der Waals surface area contributed by atoms with Crippen molar-refractivity contribution >= 4 is 17.6 Å². The summed E-state index contributed by atoms with van der Waals surface area (Å²) in [6.45, 7) is 4.46. The van der Waals surface area contributed by atoms with E-state index in [0.29, 0.717) is 0 Å². The fourth-order valence-corrected chi connectivity index (χ4v) is 0.923. The van der Waals surface area contributed by atoms with Gasteiger partial charge in [-0.3, -0.25) is 0 Å². The van der Waals surface area contributed by atoms with Crippen molar-refractivity contribution < 1.29 is 8.78 Å². The van der Waals surface area contributed by atoms with Gasteiger partial charge < -0.3 is 5.73 Å². The summed E-state index contributed by atoms with van der Waals surface area (Å²) in [6.07, 6.45) is 2.05. The zero-order chi connectivity index (χ0) is 11.4. The third-order valence-electron chi connectivity index (χ3n) is 1.05. The molecule has 0 rings (SSSR count). The molecule has 0 saturated heterocycles. The molecule has 0 aliphatic carbocycles. The lowest BCUT2D eigenvalue weighted by molar-refractivity contribution is 0.636. The highest BCUT2D eigenvalue weighted by molar-refractivity contribution is 6.42. The molecule has 0 atom stereocenters. The van der Waals surface area contributed by atoms with Crippen LogP contribution in [-0.4, -0.2) is 11.5 Å². The molecule has 0 aromatic carbocycles. The number of allylic oxidation sites excluding steroid dienone is 2. The van der Waals surface area contributed by atoms with Crippen LogP contribution in [-0.2, 0) is 0 Å². The van der Waals surface area contributed by atoms with Crippen LogP contribution in [0.3, 0.4) is 0 Å². The lowest BCUT2D eigenvalue weighted by atomic mass is 10.1. The minimum Gasteiger partial charge on any atom is -0.322 e. The third kappa shape index (κ3) is 6.74. The first-order valence-corrected chi connectivity index (χ1v) is 4.33. The average molecular weight is 223 g/mol. The van der Waals surface area contributed by atoms with E-state index in [1.807, 2.05) is 0 Å². The van der Waals surface area contributed by atoms with Gasteiger partial charge in [-0.1, -0.05) is 11.6 Å². The largest absolute Gasteiger partial charge is 0.322 e. The molecule has 80 valence electrons. The summed E-state index contributed by atoms with van der Waals surface area (Å²) in [5, 5.41) is -0.227. The molecule has 0 aromatic rings. The van der Waals surface area contributed by atoms with Crippen molar-refractivity contribution in [1.29, 1.82) is 0 Å². The fraction of sp³-hybridized carbons (Fsp3) is 0.444. The van der Waals surface area contributed by atoms with Crippen LogP contribution >= 0.6 is 11.6 Å². The van der Waals surface area contributed by atoms with Gasteiger partial charge in [0, 0.05) is 5.54 Å². The van der Waals surface area contributed by atoms with Crippen molar-refractivity contribution in [3.8, 4) is 0 Å². The van der Waals surface area contributed by atoms with Gasteiger partial charge in [0.15, 0.2) is 0 Å².